The van der Waals surface area contributed by atoms with Crippen LogP contribution in [0.15, 0.2) is 40.0 Å². The molecule has 0 atom stereocenters. The number of phenols is 1. The van der Waals surface area contributed by atoms with Gasteiger partial charge >= 0.3 is 0 Å². The zero-order valence-corrected chi connectivity index (χ0v) is 14.3. The molecule has 1 heterocycles. The van der Waals surface area contributed by atoms with E-state index in [0.29, 0.717) is 23.5 Å². The number of rotatable bonds is 5. The SMILES string of the molecule is CCOc1cc(Br)cc(C=NNC(=O)c2ccc(C)nc2)c1O. The number of aryl methyl sites for hydroxylation is 1. The fourth-order valence-corrected chi connectivity index (χ4v) is 2.24. The normalized spacial score (nSPS) is 10.7. The number of hydrogen-bond acceptors (Lipinski definition) is 5. The number of nitrogens with zero attached hydrogens (tertiary/aromatic N) is 2. The summed E-state index contributed by atoms with van der Waals surface area (Å²) in [6, 6.07) is 6.73. The Bertz CT molecular complexity index is 730. The van der Waals surface area contributed by atoms with Crippen molar-refractivity contribution in [1.82, 2.24) is 10.4 Å². The van der Waals surface area contributed by atoms with Gasteiger partial charge < -0.3 is 9.84 Å². The Kier molecular flexibility index (Phi) is 5.70. The maximum atomic E-state index is 11.9. The molecule has 0 spiro atoms. The first-order valence-corrected chi connectivity index (χ1v) is 7.72. The van der Waals surface area contributed by atoms with Crippen molar-refractivity contribution in [3.05, 3.63) is 51.8 Å². The van der Waals surface area contributed by atoms with Crippen LogP contribution in [0.5, 0.6) is 11.5 Å². The van der Waals surface area contributed by atoms with E-state index in [1.54, 1.807) is 24.3 Å². The third-order valence-electron chi connectivity index (χ3n) is 2.91. The van der Waals surface area contributed by atoms with Gasteiger partial charge in [-0.15, -0.1) is 0 Å². The van der Waals surface area contributed by atoms with Crippen molar-refractivity contribution in [3.8, 4) is 11.5 Å². The number of phenolic OH excluding ortho intramolecular Hbond substituents is 1. The van der Waals surface area contributed by atoms with Crippen molar-refractivity contribution >= 4 is 28.1 Å². The topological polar surface area (TPSA) is 83.8 Å². The van der Waals surface area contributed by atoms with Gasteiger partial charge in [-0.1, -0.05) is 15.9 Å². The highest BCUT2D eigenvalue weighted by Crippen LogP contribution is 2.32. The number of aromatic nitrogens is 1. The number of halogens is 1. The fraction of sp³-hybridized carbons (Fsp3) is 0.188. The first-order valence-electron chi connectivity index (χ1n) is 6.92. The Morgan fingerprint density at radius 2 is 2.26 bits per heavy atom. The van der Waals surface area contributed by atoms with Gasteiger partial charge in [-0.2, -0.15) is 5.10 Å². The lowest BCUT2D eigenvalue weighted by Gasteiger charge is -2.08. The van der Waals surface area contributed by atoms with Gasteiger partial charge in [-0.25, -0.2) is 5.43 Å². The molecular weight excluding hydrogens is 362 g/mol. The molecule has 0 saturated heterocycles. The van der Waals surface area contributed by atoms with Gasteiger partial charge in [0.1, 0.15) is 0 Å². The number of hydrazone groups is 1. The molecule has 2 N–H and O–H groups in total. The second-order valence-corrected chi connectivity index (χ2v) is 5.58. The summed E-state index contributed by atoms with van der Waals surface area (Å²) < 4.78 is 6.06. The van der Waals surface area contributed by atoms with Crippen molar-refractivity contribution in [3.63, 3.8) is 0 Å². The minimum Gasteiger partial charge on any atom is -0.504 e. The van der Waals surface area contributed by atoms with E-state index >= 15 is 0 Å². The zero-order valence-electron chi connectivity index (χ0n) is 12.7. The summed E-state index contributed by atoms with van der Waals surface area (Å²) in [5.41, 5.74) is 4.04. The number of pyridine rings is 1. The fourth-order valence-electron chi connectivity index (χ4n) is 1.79. The molecule has 1 aromatic carbocycles. The monoisotopic (exact) mass is 377 g/mol. The number of benzene rings is 1. The maximum absolute atomic E-state index is 11.9. The Balaban J connectivity index is 2.11. The predicted molar refractivity (Wildman–Crippen MR) is 91.0 cm³/mol. The highest BCUT2D eigenvalue weighted by atomic mass is 79.9. The van der Waals surface area contributed by atoms with Gasteiger partial charge in [0.25, 0.3) is 5.91 Å². The molecule has 120 valence electrons. The van der Waals surface area contributed by atoms with Gasteiger partial charge in [-0.3, -0.25) is 9.78 Å². The van der Waals surface area contributed by atoms with E-state index in [4.69, 9.17) is 4.74 Å². The number of ether oxygens (including phenoxy) is 1. The molecule has 2 rings (SSSR count). The van der Waals surface area contributed by atoms with E-state index in [1.165, 1.54) is 12.4 Å². The largest absolute Gasteiger partial charge is 0.504 e. The molecule has 0 saturated carbocycles. The lowest BCUT2D eigenvalue weighted by molar-refractivity contribution is 0.0954. The van der Waals surface area contributed by atoms with Gasteiger partial charge in [0.15, 0.2) is 11.5 Å². The first-order chi connectivity index (χ1) is 11.0. The summed E-state index contributed by atoms with van der Waals surface area (Å²) in [5.74, 6) is -0.0734. The lowest BCUT2D eigenvalue weighted by Crippen LogP contribution is -2.17. The Hall–Kier alpha value is -2.41. The maximum Gasteiger partial charge on any atom is 0.272 e. The van der Waals surface area contributed by atoms with E-state index in [-0.39, 0.29) is 11.7 Å². The van der Waals surface area contributed by atoms with Crippen LogP contribution in [0, 0.1) is 6.92 Å². The van der Waals surface area contributed by atoms with Crippen LogP contribution in [0.1, 0.15) is 28.5 Å². The molecule has 1 amide bonds. The number of carbonyl (C=O) groups is 1. The van der Waals surface area contributed by atoms with Crippen molar-refractivity contribution < 1.29 is 14.6 Å². The molecule has 1 aromatic heterocycles. The molecule has 0 unspecified atom stereocenters. The van der Waals surface area contributed by atoms with Gasteiger partial charge in [0.2, 0.25) is 0 Å². The second-order valence-electron chi connectivity index (χ2n) is 4.66. The lowest BCUT2D eigenvalue weighted by atomic mass is 10.2. The number of carbonyl (C=O) groups excluding carboxylic acids is 1. The summed E-state index contributed by atoms with van der Waals surface area (Å²) in [6.45, 7) is 4.09. The van der Waals surface area contributed by atoms with Crippen LogP contribution in [0.25, 0.3) is 0 Å². The van der Waals surface area contributed by atoms with E-state index in [0.717, 1.165) is 10.2 Å². The molecule has 0 fully saturated rings. The smallest absolute Gasteiger partial charge is 0.272 e. The summed E-state index contributed by atoms with van der Waals surface area (Å²) in [4.78, 5) is 16.0. The molecule has 0 aliphatic carbocycles. The van der Waals surface area contributed by atoms with Crippen LogP contribution in [-0.2, 0) is 0 Å². The molecular formula is C16H16BrN3O3. The van der Waals surface area contributed by atoms with Crippen LogP contribution in [0.3, 0.4) is 0 Å². The van der Waals surface area contributed by atoms with Crippen LogP contribution in [-0.4, -0.2) is 28.8 Å². The Labute approximate surface area is 142 Å². The van der Waals surface area contributed by atoms with Crippen molar-refractivity contribution in [1.29, 1.82) is 0 Å². The summed E-state index contributed by atoms with van der Waals surface area (Å²) >= 11 is 3.33. The van der Waals surface area contributed by atoms with E-state index in [9.17, 15) is 9.90 Å². The van der Waals surface area contributed by atoms with Crippen LogP contribution in [0.4, 0.5) is 0 Å². The number of nitrogens with one attached hydrogen (secondary N) is 1. The minimum absolute atomic E-state index is 0.0370. The average Bonchev–Trinajstić information content (AvgIpc) is 2.52. The van der Waals surface area contributed by atoms with Crippen molar-refractivity contribution in [2.24, 2.45) is 5.10 Å². The highest BCUT2D eigenvalue weighted by molar-refractivity contribution is 9.10. The quantitative estimate of drug-likeness (QED) is 0.619. The van der Waals surface area contributed by atoms with Gasteiger partial charge in [0.05, 0.1) is 18.4 Å². The zero-order chi connectivity index (χ0) is 16.8. The third-order valence-corrected chi connectivity index (χ3v) is 3.37. The summed E-state index contributed by atoms with van der Waals surface area (Å²) in [7, 11) is 0. The van der Waals surface area contributed by atoms with E-state index < -0.39 is 0 Å². The van der Waals surface area contributed by atoms with Crippen molar-refractivity contribution in [2.45, 2.75) is 13.8 Å². The summed E-state index contributed by atoms with van der Waals surface area (Å²) in [6.07, 6.45) is 2.83. The molecule has 0 radical (unpaired) electrons. The molecule has 0 bridgehead atoms. The minimum atomic E-state index is -0.381. The molecule has 6 nitrogen and oxygen atoms in total. The van der Waals surface area contributed by atoms with E-state index in [2.05, 4.69) is 31.4 Å². The van der Waals surface area contributed by atoms with Crippen LogP contribution in [0.2, 0.25) is 0 Å². The van der Waals surface area contributed by atoms with Gasteiger partial charge in [0, 0.05) is 21.9 Å². The second kappa shape index (κ2) is 7.73. The number of aromatic hydroxyl groups is 1. The third kappa shape index (κ3) is 4.53. The van der Waals surface area contributed by atoms with E-state index in [1.807, 2.05) is 13.8 Å². The molecule has 0 aliphatic heterocycles. The molecule has 23 heavy (non-hydrogen) atoms. The Morgan fingerprint density at radius 3 is 2.91 bits per heavy atom. The first kappa shape index (κ1) is 17.0. The number of amides is 1. The summed E-state index contributed by atoms with van der Waals surface area (Å²) in [5, 5.41) is 14.0. The molecule has 7 heteroatoms. The standard InChI is InChI=1S/C16H16BrN3O3/c1-3-23-14-7-13(17)6-12(15(14)21)9-19-20-16(22)11-5-4-10(2)18-8-11/h4-9,21H,3H2,1-2H3,(H,20,22). The molecule has 2 aromatic rings. The van der Waals surface area contributed by atoms with Gasteiger partial charge in [-0.05, 0) is 38.1 Å². The van der Waals surface area contributed by atoms with Crippen LogP contribution >= 0.6 is 15.9 Å². The number of hydrogen-bond donors (Lipinski definition) is 2. The average molecular weight is 378 g/mol. The molecule has 0 aliphatic rings. The highest BCUT2D eigenvalue weighted by Gasteiger charge is 2.09. The van der Waals surface area contributed by atoms with Crippen LogP contribution < -0.4 is 10.2 Å². The Morgan fingerprint density at radius 1 is 1.48 bits per heavy atom. The van der Waals surface area contributed by atoms with Crippen molar-refractivity contribution in [2.75, 3.05) is 6.61 Å². The predicted octanol–water partition coefficient (Wildman–Crippen LogP) is 3.02.